The molecule has 0 spiro atoms. The summed E-state index contributed by atoms with van der Waals surface area (Å²) in [4.78, 5) is 16.4. The van der Waals surface area contributed by atoms with Crippen LogP contribution >= 0.6 is 24.0 Å². The molecule has 0 unspecified atom stereocenters. The van der Waals surface area contributed by atoms with Crippen molar-refractivity contribution in [3.8, 4) is 5.75 Å². The molecule has 1 aromatic carbocycles. The number of nitrogens with one attached hydrogen (secondary N) is 3. The summed E-state index contributed by atoms with van der Waals surface area (Å²) < 4.78 is 6.03. The number of rotatable bonds is 9. The molecule has 7 heteroatoms. The number of aliphatic imine (C=N–C) groups is 1. The summed E-state index contributed by atoms with van der Waals surface area (Å²) in [6, 6.07) is 8.43. The zero-order valence-electron chi connectivity index (χ0n) is 17.5. The van der Waals surface area contributed by atoms with Crippen LogP contribution in [0, 0.1) is 0 Å². The largest absolute Gasteiger partial charge is 0.488 e. The molecule has 1 saturated carbocycles. The lowest BCUT2D eigenvalue weighted by atomic mass is 10.1. The van der Waals surface area contributed by atoms with Crippen LogP contribution in [-0.2, 0) is 11.3 Å². The molecule has 158 valence electrons. The number of guanidine groups is 1. The number of halogens is 1. The third-order valence-electron chi connectivity index (χ3n) is 3.96. The number of benzene rings is 1. The van der Waals surface area contributed by atoms with Crippen molar-refractivity contribution >= 4 is 35.8 Å². The van der Waals surface area contributed by atoms with Crippen molar-refractivity contribution in [3.05, 3.63) is 29.8 Å². The number of ether oxygens (including phenoxy) is 1. The Bertz CT molecular complexity index is 640. The van der Waals surface area contributed by atoms with E-state index in [1.807, 2.05) is 52.0 Å². The fourth-order valence-electron chi connectivity index (χ4n) is 2.55. The van der Waals surface area contributed by atoms with E-state index in [-0.39, 0.29) is 35.5 Å². The molecule has 0 heterocycles. The average Bonchev–Trinajstić information content (AvgIpc) is 3.40. The van der Waals surface area contributed by atoms with Crippen molar-refractivity contribution in [2.75, 3.05) is 13.1 Å². The lowest BCUT2D eigenvalue weighted by Crippen LogP contribution is -2.38. The van der Waals surface area contributed by atoms with E-state index in [0.717, 1.165) is 43.1 Å². The molecule has 0 aromatic heterocycles. The van der Waals surface area contributed by atoms with E-state index in [1.54, 1.807) is 0 Å². The molecule has 0 saturated heterocycles. The molecule has 1 amide bonds. The van der Waals surface area contributed by atoms with Gasteiger partial charge in [0, 0.05) is 31.1 Å². The Balaban J connectivity index is 0.00000392. The van der Waals surface area contributed by atoms with Crippen molar-refractivity contribution in [2.45, 2.75) is 71.6 Å². The van der Waals surface area contributed by atoms with Gasteiger partial charge in [-0.2, -0.15) is 0 Å². The molecule has 1 fully saturated rings. The van der Waals surface area contributed by atoms with Crippen LogP contribution in [0.2, 0.25) is 0 Å². The van der Waals surface area contributed by atoms with Gasteiger partial charge in [-0.1, -0.05) is 18.2 Å². The summed E-state index contributed by atoms with van der Waals surface area (Å²) in [5, 5.41) is 9.56. The van der Waals surface area contributed by atoms with E-state index in [1.165, 1.54) is 0 Å². The summed E-state index contributed by atoms with van der Waals surface area (Å²) >= 11 is 0. The quantitative estimate of drug-likeness (QED) is 0.209. The molecule has 6 nitrogen and oxygen atoms in total. The molecule has 1 aliphatic carbocycles. The van der Waals surface area contributed by atoms with Gasteiger partial charge in [-0.15, -0.1) is 24.0 Å². The van der Waals surface area contributed by atoms with Crippen LogP contribution in [0.1, 0.15) is 58.9 Å². The van der Waals surface area contributed by atoms with Gasteiger partial charge in [0.25, 0.3) is 0 Å². The second-order valence-corrected chi connectivity index (χ2v) is 7.89. The summed E-state index contributed by atoms with van der Waals surface area (Å²) in [5.74, 6) is 1.77. The second-order valence-electron chi connectivity index (χ2n) is 7.89. The molecular weight excluding hydrogens is 467 g/mol. The average molecular weight is 502 g/mol. The fraction of sp³-hybridized carbons (Fsp3) is 0.619. The molecule has 0 bridgehead atoms. The van der Waals surface area contributed by atoms with Gasteiger partial charge in [0.15, 0.2) is 5.96 Å². The Morgan fingerprint density at radius 1 is 1.21 bits per heavy atom. The zero-order chi connectivity index (χ0) is 19.7. The lowest BCUT2D eigenvalue weighted by molar-refractivity contribution is -0.121. The zero-order valence-corrected chi connectivity index (χ0v) is 19.8. The molecule has 2 rings (SSSR count). The van der Waals surface area contributed by atoms with Crippen LogP contribution in [0.5, 0.6) is 5.75 Å². The molecule has 0 atom stereocenters. The highest BCUT2D eigenvalue weighted by atomic mass is 127. The van der Waals surface area contributed by atoms with E-state index in [4.69, 9.17) is 4.74 Å². The summed E-state index contributed by atoms with van der Waals surface area (Å²) in [7, 11) is 0. The first-order valence-electron chi connectivity index (χ1n) is 9.96. The van der Waals surface area contributed by atoms with Crippen LogP contribution in [0.25, 0.3) is 0 Å². The Morgan fingerprint density at radius 2 is 1.93 bits per heavy atom. The van der Waals surface area contributed by atoms with Crippen molar-refractivity contribution in [3.63, 3.8) is 0 Å². The molecular formula is C21H35IN4O2. The smallest absolute Gasteiger partial charge is 0.220 e. The lowest BCUT2D eigenvalue weighted by Gasteiger charge is -2.23. The van der Waals surface area contributed by atoms with Crippen molar-refractivity contribution in [1.82, 2.24) is 16.0 Å². The fourth-order valence-corrected chi connectivity index (χ4v) is 2.55. The predicted molar refractivity (Wildman–Crippen MR) is 125 cm³/mol. The van der Waals surface area contributed by atoms with Gasteiger partial charge in [0.05, 0.1) is 6.54 Å². The van der Waals surface area contributed by atoms with Crippen LogP contribution in [-0.4, -0.2) is 36.6 Å². The standard InChI is InChI=1S/C21H34N4O2.HI/c1-5-22-20(23-14-8-11-19(26)25-17-12-13-17)24-15-16-9-6-7-10-18(16)27-21(2,3)4;/h6-7,9-10,17H,5,8,11-15H2,1-4H3,(H,25,26)(H2,22,23,24);1H. The SMILES string of the molecule is CCNC(=NCc1ccccc1OC(C)(C)C)NCCCC(=O)NC1CC1.I. The van der Waals surface area contributed by atoms with E-state index >= 15 is 0 Å². The van der Waals surface area contributed by atoms with Crippen LogP contribution < -0.4 is 20.7 Å². The van der Waals surface area contributed by atoms with Crippen LogP contribution in [0.15, 0.2) is 29.3 Å². The summed E-state index contributed by atoms with van der Waals surface area (Å²) in [6.07, 6.45) is 3.58. The van der Waals surface area contributed by atoms with Gasteiger partial charge < -0.3 is 20.7 Å². The van der Waals surface area contributed by atoms with Crippen molar-refractivity contribution in [2.24, 2.45) is 4.99 Å². The van der Waals surface area contributed by atoms with E-state index in [9.17, 15) is 4.79 Å². The number of hydrogen-bond donors (Lipinski definition) is 3. The number of para-hydroxylation sites is 1. The van der Waals surface area contributed by atoms with Gasteiger partial charge in [0.2, 0.25) is 5.91 Å². The first-order valence-corrected chi connectivity index (χ1v) is 9.96. The third-order valence-corrected chi connectivity index (χ3v) is 3.96. The number of amides is 1. The molecule has 1 aromatic rings. The first-order chi connectivity index (χ1) is 12.9. The Labute approximate surface area is 186 Å². The molecule has 3 N–H and O–H groups in total. The Morgan fingerprint density at radius 3 is 2.57 bits per heavy atom. The Hall–Kier alpha value is -1.51. The summed E-state index contributed by atoms with van der Waals surface area (Å²) in [6.45, 7) is 10.2. The van der Waals surface area contributed by atoms with E-state index in [0.29, 0.717) is 25.6 Å². The van der Waals surface area contributed by atoms with Gasteiger partial charge in [-0.25, -0.2) is 4.99 Å². The topological polar surface area (TPSA) is 74.8 Å². The monoisotopic (exact) mass is 502 g/mol. The normalized spacial score (nSPS) is 14.1. The van der Waals surface area contributed by atoms with Crippen molar-refractivity contribution in [1.29, 1.82) is 0 Å². The number of hydrogen-bond acceptors (Lipinski definition) is 3. The number of carbonyl (C=O) groups excluding carboxylic acids is 1. The maximum Gasteiger partial charge on any atom is 0.220 e. The predicted octanol–water partition coefficient (Wildman–Crippen LogP) is 3.60. The molecule has 0 aliphatic heterocycles. The van der Waals surface area contributed by atoms with Gasteiger partial charge in [0.1, 0.15) is 11.4 Å². The van der Waals surface area contributed by atoms with Gasteiger partial charge in [-0.05, 0) is 53.0 Å². The second kappa shape index (κ2) is 12.1. The van der Waals surface area contributed by atoms with Crippen LogP contribution in [0.4, 0.5) is 0 Å². The minimum Gasteiger partial charge on any atom is -0.488 e. The maximum absolute atomic E-state index is 11.7. The number of carbonyl (C=O) groups is 1. The minimum atomic E-state index is -0.246. The highest BCUT2D eigenvalue weighted by molar-refractivity contribution is 14.0. The van der Waals surface area contributed by atoms with E-state index < -0.39 is 0 Å². The van der Waals surface area contributed by atoms with E-state index in [2.05, 4.69) is 20.9 Å². The number of nitrogens with zero attached hydrogens (tertiary/aromatic N) is 1. The minimum absolute atomic E-state index is 0. The molecule has 1 aliphatic rings. The highest BCUT2D eigenvalue weighted by Gasteiger charge is 2.22. The Kier molecular flexibility index (Phi) is 10.6. The first kappa shape index (κ1) is 24.5. The highest BCUT2D eigenvalue weighted by Crippen LogP contribution is 2.23. The molecule has 28 heavy (non-hydrogen) atoms. The third kappa shape index (κ3) is 10.1. The maximum atomic E-state index is 11.7. The van der Waals surface area contributed by atoms with Crippen LogP contribution in [0.3, 0.4) is 0 Å². The van der Waals surface area contributed by atoms with Gasteiger partial charge in [-0.3, -0.25) is 4.79 Å². The molecule has 0 radical (unpaired) electrons. The summed E-state index contributed by atoms with van der Waals surface area (Å²) in [5.41, 5.74) is 0.803. The van der Waals surface area contributed by atoms with Crippen molar-refractivity contribution < 1.29 is 9.53 Å². The van der Waals surface area contributed by atoms with Gasteiger partial charge >= 0.3 is 0 Å².